The number of ether oxygens (including phenoxy) is 1. The standard InChI is InChI=1S/C16H24N4O/c1-19-10-4-6-13(12-19)20-15(8-5-11-21-2)18-14-7-3-9-17-16(14)20/h3,7,9,13H,4-6,8,10-12H2,1-2H3. The average molecular weight is 288 g/mol. The average Bonchev–Trinajstić information content (AvgIpc) is 2.86. The van der Waals surface area contributed by atoms with Crippen LogP contribution in [0.15, 0.2) is 18.3 Å². The van der Waals surface area contributed by atoms with Gasteiger partial charge in [0.2, 0.25) is 0 Å². The van der Waals surface area contributed by atoms with Crippen LogP contribution in [0, 0.1) is 0 Å². The van der Waals surface area contributed by atoms with Crippen LogP contribution in [0.5, 0.6) is 0 Å². The van der Waals surface area contributed by atoms with Gasteiger partial charge in [-0.25, -0.2) is 9.97 Å². The Kier molecular flexibility index (Phi) is 4.51. The van der Waals surface area contributed by atoms with E-state index >= 15 is 0 Å². The lowest BCUT2D eigenvalue weighted by molar-refractivity contribution is 0.191. The number of hydrogen-bond acceptors (Lipinski definition) is 4. The minimum Gasteiger partial charge on any atom is -0.385 e. The minimum atomic E-state index is 0.487. The number of fused-ring (bicyclic) bond motifs is 1. The number of rotatable bonds is 5. The van der Waals surface area contributed by atoms with Crippen molar-refractivity contribution < 1.29 is 4.74 Å². The maximum Gasteiger partial charge on any atom is 0.160 e. The number of likely N-dealkylation sites (tertiary alicyclic amines) is 1. The van der Waals surface area contributed by atoms with Crippen molar-refractivity contribution in [2.45, 2.75) is 31.7 Å². The number of hydrogen-bond donors (Lipinski definition) is 0. The summed E-state index contributed by atoms with van der Waals surface area (Å²) in [5, 5.41) is 0. The van der Waals surface area contributed by atoms with E-state index in [4.69, 9.17) is 9.72 Å². The lowest BCUT2D eigenvalue weighted by atomic mass is 10.1. The molecule has 0 bridgehead atoms. The molecule has 0 radical (unpaired) electrons. The summed E-state index contributed by atoms with van der Waals surface area (Å²) < 4.78 is 7.55. The first kappa shape index (κ1) is 14.5. The third-order valence-electron chi connectivity index (χ3n) is 4.24. The normalized spacial score (nSPS) is 20.2. The Morgan fingerprint density at radius 3 is 3.14 bits per heavy atom. The number of aromatic nitrogens is 3. The number of pyridine rings is 1. The number of aryl methyl sites for hydroxylation is 1. The number of methoxy groups -OCH3 is 1. The van der Waals surface area contributed by atoms with Crippen LogP contribution in [-0.4, -0.2) is 53.3 Å². The molecule has 1 atom stereocenters. The fourth-order valence-electron chi connectivity index (χ4n) is 3.26. The molecular formula is C16H24N4O. The molecule has 3 heterocycles. The van der Waals surface area contributed by atoms with E-state index < -0.39 is 0 Å². The van der Waals surface area contributed by atoms with E-state index in [0.29, 0.717) is 6.04 Å². The Labute approximate surface area is 125 Å². The topological polar surface area (TPSA) is 43.2 Å². The number of imidazole rings is 1. The van der Waals surface area contributed by atoms with Crippen LogP contribution in [0.1, 0.15) is 31.1 Å². The van der Waals surface area contributed by atoms with Crippen molar-refractivity contribution in [2.75, 3.05) is 33.9 Å². The van der Waals surface area contributed by atoms with E-state index in [9.17, 15) is 0 Å². The molecule has 5 nitrogen and oxygen atoms in total. The summed E-state index contributed by atoms with van der Waals surface area (Å²) in [6.07, 6.45) is 6.27. The van der Waals surface area contributed by atoms with Gasteiger partial charge in [0.15, 0.2) is 5.65 Å². The minimum absolute atomic E-state index is 0.487. The summed E-state index contributed by atoms with van der Waals surface area (Å²) >= 11 is 0. The third-order valence-corrected chi connectivity index (χ3v) is 4.24. The van der Waals surface area contributed by atoms with Crippen LogP contribution in [0.3, 0.4) is 0 Å². The first-order chi connectivity index (χ1) is 10.3. The number of likely N-dealkylation sites (N-methyl/N-ethyl adjacent to an activating group) is 1. The van der Waals surface area contributed by atoms with Gasteiger partial charge in [-0.15, -0.1) is 0 Å². The van der Waals surface area contributed by atoms with E-state index in [-0.39, 0.29) is 0 Å². The molecule has 1 fully saturated rings. The van der Waals surface area contributed by atoms with Crippen LogP contribution in [0.4, 0.5) is 0 Å². The third kappa shape index (κ3) is 3.09. The van der Waals surface area contributed by atoms with Gasteiger partial charge in [0, 0.05) is 38.9 Å². The molecule has 21 heavy (non-hydrogen) atoms. The summed E-state index contributed by atoms with van der Waals surface area (Å²) in [4.78, 5) is 11.8. The fraction of sp³-hybridized carbons (Fsp3) is 0.625. The lowest BCUT2D eigenvalue weighted by Crippen LogP contribution is -2.34. The molecule has 2 aromatic heterocycles. The van der Waals surface area contributed by atoms with Gasteiger partial charge >= 0.3 is 0 Å². The Morgan fingerprint density at radius 1 is 1.43 bits per heavy atom. The lowest BCUT2D eigenvalue weighted by Gasteiger charge is -2.31. The van der Waals surface area contributed by atoms with Crippen LogP contribution in [0.2, 0.25) is 0 Å². The van der Waals surface area contributed by atoms with E-state index in [1.807, 2.05) is 12.3 Å². The molecule has 5 heteroatoms. The zero-order chi connectivity index (χ0) is 14.7. The highest BCUT2D eigenvalue weighted by Gasteiger charge is 2.23. The SMILES string of the molecule is COCCCc1nc2cccnc2n1C1CCCN(C)C1. The molecule has 0 N–H and O–H groups in total. The first-order valence-electron chi connectivity index (χ1n) is 7.79. The van der Waals surface area contributed by atoms with E-state index in [1.165, 1.54) is 19.4 Å². The van der Waals surface area contributed by atoms with Crippen molar-refractivity contribution in [3.05, 3.63) is 24.2 Å². The van der Waals surface area contributed by atoms with Crippen molar-refractivity contribution in [3.63, 3.8) is 0 Å². The van der Waals surface area contributed by atoms with Crippen molar-refractivity contribution in [2.24, 2.45) is 0 Å². The molecule has 0 spiro atoms. The summed E-state index contributed by atoms with van der Waals surface area (Å²) in [6.45, 7) is 3.05. The zero-order valence-electron chi connectivity index (χ0n) is 13.0. The summed E-state index contributed by atoms with van der Waals surface area (Å²) in [5.41, 5.74) is 2.04. The Morgan fingerprint density at radius 2 is 2.33 bits per heavy atom. The molecule has 1 aliphatic heterocycles. The number of nitrogens with zero attached hydrogens (tertiary/aromatic N) is 4. The smallest absolute Gasteiger partial charge is 0.160 e. The summed E-state index contributed by atoms with van der Waals surface area (Å²) in [5.74, 6) is 1.15. The van der Waals surface area contributed by atoms with Gasteiger partial charge in [-0.2, -0.15) is 0 Å². The van der Waals surface area contributed by atoms with Gasteiger partial charge in [-0.3, -0.25) is 0 Å². The molecule has 0 amide bonds. The molecule has 0 aromatic carbocycles. The Hall–Kier alpha value is -1.46. The van der Waals surface area contributed by atoms with Crippen molar-refractivity contribution >= 4 is 11.2 Å². The second kappa shape index (κ2) is 6.54. The molecule has 3 rings (SSSR count). The van der Waals surface area contributed by atoms with Crippen molar-refractivity contribution in [3.8, 4) is 0 Å². The highest BCUT2D eigenvalue weighted by Crippen LogP contribution is 2.27. The fourth-order valence-corrected chi connectivity index (χ4v) is 3.26. The van der Waals surface area contributed by atoms with E-state index in [2.05, 4.69) is 27.6 Å². The number of piperidine rings is 1. The Bertz CT molecular complexity index is 595. The monoisotopic (exact) mass is 288 g/mol. The van der Waals surface area contributed by atoms with Gasteiger partial charge in [-0.05, 0) is 45.0 Å². The Balaban J connectivity index is 1.94. The van der Waals surface area contributed by atoms with Crippen LogP contribution >= 0.6 is 0 Å². The van der Waals surface area contributed by atoms with Crippen LogP contribution in [0.25, 0.3) is 11.2 Å². The maximum atomic E-state index is 5.18. The molecule has 0 saturated carbocycles. The molecule has 114 valence electrons. The molecule has 1 saturated heterocycles. The zero-order valence-corrected chi connectivity index (χ0v) is 13.0. The molecular weight excluding hydrogens is 264 g/mol. The van der Waals surface area contributed by atoms with Gasteiger partial charge in [0.05, 0.1) is 0 Å². The van der Waals surface area contributed by atoms with E-state index in [1.54, 1.807) is 7.11 Å². The van der Waals surface area contributed by atoms with Gasteiger partial charge < -0.3 is 14.2 Å². The molecule has 0 aliphatic carbocycles. The second-order valence-corrected chi connectivity index (χ2v) is 5.90. The highest BCUT2D eigenvalue weighted by atomic mass is 16.5. The summed E-state index contributed by atoms with van der Waals surface area (Å²) in [7, 11) is 3.95. The molecule has 1 aliphatic rings. The second-order valence-electron chi connectivity index (χ2n) is 5.90. The molecule has 1 unspecified atom stereocenters. The van der Waals surface area contributed by atoms with E-state index in [0.717, 1.165) is 43.0 Å². The van der Waals surface area contributed by atoms with Crippen molar-refractivity contribution in [1.82, 2.24) is 19.4 Å². The van der Waals surface area contributed by atoms with Gasteiger partial charge in [-0.1, -0.05) is 0 Å². The predicted octanol–water partition coefficient (Wildman–Crippen LogP) is 2.28. The first-order valence-corrected chi connectivity index (χ1v) is 7.79. The highest BCUT2D eigenvalue weighted by molar-refractivity contribution is 5.71. The van der Waals surface area contributed by atoms with Crippen molar-refractivity contribution in [1.29, 1.82) is 0 Å². The predicted molar refractivity (Wildman–Crippen MR) is 83.5 cm³/mol. The summed E-state index contributed by atoms with van der Waals surface area (Å²) in [6, 6.07) is 4.51. The van der Waals surface area contributed by atoms with Gasteiger partial charge in [0.1, 0.15) is 11.3 Å². The quantitative estimate of drug-likeness (QED) is 0.792. The molecule has 2 aromatic rings. The van der Waals surface area contributed by atoms with Crippen LogP contribution < -0.4 is 0 Å². The van der Waals surface area contributed by atoms with Gasteiger partial charge in [0.25, 0.3) is 0 Å². The largest absolute Gasteiger partial charge is 0.385 e. The maximum absolute atomic E-state index is 5.18. The van der Waals surface area contributed by atoms with Crippen LogP contribution in [-0.2, 0) is 11.2 Å².